The predicted octanol–water partition coefficient (Wildman–Crippen LogP) is 5.09. The molecule has 0 saturated carbocycles. The van der Waals surface area contributed by atoms with Crippen molar-refractivity contribution in [1.29, 1.82) is 0 Å². The summed E-state index contributed by atoms with van der Waals surface area (Å²) in [7, 11) is 0. The van der Waals surface area contributed by atoms with Crippen LogP contribution in [0.25, 0.3) is 33.1 Å². The minimum absolute atomic E-state index is 0.329. The summed E-state index contributed by atoms with van der Waals surface area (Å²) in [5, 5.41) is 50.5. The molecule has 0 radical (unpaired) electrons. The van der Waals surface area contributed by atoms with Crippen LogP contribution < -0.4 is 0 Å². The zero-order valence-electron chi connectivity index (χ0n) is 18.7. The Morgan fingerprint density at radius 1 is 0.611 bits per heavy atom. The molecule has 3 N–H and O–H groups in total. The summed E-state index contributed by atoms with van der Waals surface area (Å²) < 4.78 is 0. The average molecular weight is 551 g/mol. The Labute approximate surface area is 217 Å². The van der Waals surface area contributed by atoms with Crippen molar-refractivity contribution in [3.05, 3.63) is 69.2 Å². The Kier molecular flexibility index (Phi) is 7.29. The fourth-order valence-electron chi connectivity index (χ4n) is 3.15. The van der Waals surface area contributed by atoms with Crippen LogP contribution in [0.1, 0.15) is 25.3 Å². The second-order valence-corrected chi connectivity index (χ2v) is 9.00. The van der Waals surface area contributed by atoms with Crippen molar-refractivity contribution in [3.63, 3.8) is 0 Å². The number of nitrogens with zero attached hydrogens (tertiary/aromatic N) is 9. The first kappa shape index (κ1) is 25.2. The van der Waals surface area contributed by atoms with Crippen LogP contribution in [0.15, 0.2) is 48.5 Å². The third-order valence-electron chi connectivity index (χ3n) is 4.95. The molecule has 0 spiro atoms. The molecular formula is C21H18Cl3N9O3. The number of fused-ring (bicyclic) bond motifs is 3. The molecule has 12 nitrogen and oxygen atoms in total. The van der Waals surface area contributed by atoms with Crippen LogP contribution in [0.5, 0.6) is 0 Å². The predicted molar refractivity (Wildman–Crippen MR) is 133 cm³/mol. The van der Waals surface area contributed by atoms with Gasteiger partial charge in [0, 0.05) is 15.1 Å². The Morgan fingerprint density at radius 2 is 1.11 bits per heavy atom. The van der Waals surface area contributed by atoms with Gasteiger partial charge in [-0.3, -0.25) is 0 Å². The number of aromatic nitrogens is 9. The number of hydrogen-bond donors (Lipinski definition) is 3. The number of benzene rings is 3. The molecule has 3 aromatic heterocycles. The summed E-state index contributed by atoms with van der Waals surface area (Å²) in [5.41, 5.74) is 4.46. The molecule has 0 fully saturated rings. The highest BCUT2D eigenvalue weighted by Gasteiger charge is 2.11. The lowest BCUT2D eigenvalue weighted by atomic mass is 10.0. The summed E-state index contributed by atoms with van der Waals surface area (Å²) in [6.07, 6.45) is 0. The molecule has 3 aromatic carbocycles. The zero-order valence-corrected chi connectivity index (χ0v) is 21.0. The molecule has 0 aliphatic heterocycles. The second kappa shape index (κ2) is 10.4. The van der Waals surface area contributed by atoms with Gasteiger partial charge < -0.3 is 15.6 Å². The quantitative estimate of drug-likeness (QED) is 0.238. The van der Waals surface area contributed by atoms with Crippen molar-refractivity contribution in [2.75, 3.05) is 0 Å². The Hall–Kier alpha value is -3.87. The number of rotatable bonds is 1. The topological polar surface area (TPSA) is 153 Å². The average Bonchev–Trinajstić information content (AvgIpc) is 3.51. The molecule has 0 aliphatic rings. The van der Waals surface area contributed by atoms with Gasteiger partial charge in [-0.2, -0.15) is 0 Å². The van der Waals surface area contributed by atoms with Gasteiger partial charge in [0.1, 0.15) is 33.1 Å². The third kappa shape index (κ3) is 5.35. The van der Waals surface area contributed by atoms with Crippen LogP contribution in [0, 0.1) is 0 Å². The van der Waals surface area contributed by atoms with Crippen LogP contribution in [-0.4, -0.2) is 61.1 Å². The highest BCUT2D eigenvalue weighted by atomic mass is 35.5. The van der Waals surface area contributed by atoms with E-state index in [1.54, 1.807) is 42.5 Å². The van der Waals surface area contributed by atoms with Crippen molar-refractivity contribution < 1.29 is 15.6 Å². The molecule has 36 heavy (non-hydrogen) atoms. The molecule has 0 atom stereocenters. The van der Waals surface area contributed by atoms with Crippen molar-refractivity contribution in [3.8, 4) is 0 Å². The second-order valence-electron chi connectivity index (χ2n) is 7.72. The van der Waals surface area contributed by atoms with Gasteiger partial charge in [-0.15, -0.1) is 15.3 Å². The van der Waals surface area contributed by atoms with E-state index in [0.29, 0.717) is 63.8 Å². The zero-order chi connectivity index (χ0) is 26.0. The summed E-state index contributed by atoms with van der Waals surface area (Å²) >= 11 is 17.4. The van der Waals surface area contributed by atoms with Gasteiger partial charge in [0.2, 0.25) is 0 Å². The SMILES string of the molecule is CC(C)c1cc2nnn(O)c2cc1Cl.On1nnc2cc(Cl)ccc21.On1nnc2ccc(Cl)cc21. The minimum Gasteiger partial charge on any atom is -0.410 e. The van der Waals surface area contributed by atoms with E-state index in [4.69, 9.17) is 45.2 Å². The lowest BCUT2D eigenvalue weighted by molar-refractivity contribution is 0.154. The maximum Gasteiger partial charge on any atom is 0.132 e. The Bertz CT molecular complexity index is 1660. The maximum atomic E-state index is 9.25. The van der Waals surface area contributed by atoms with Gasteiger partial charge in [-0.1, -0.05) is 63.2 Å². The van der Waals surface area contributed by atoms with Crippen LogP contribution in [0.3, 0.4) is 0 Å². The first-order valence-electron chi connectivity index (χ1n) is 10.3. The van der Waals surface area contributed by atoms with Gasteiger partial charge in [-0.25, -0.2) is 0 Å². The van der Waals surface area contributed by atoms with E-state index in [9.17, 15) is 5.21 Å². The van der Waals surface area contributed by atoms with E-state index in [1.165, 1.54) is 0 Å². The molecule has 6 rings (SSSR count). The molecule has 0 saturated heterocycles. The van der Waals surface area contributed by atoms with Gasteiger partial charge in [0.15, 0.2) is 0 Å². The fourth-order valence-corrected chi connectivity index (χ4v) is 3.86. The van der Waals surface area contributed by atoms with E-state index < -0.39 is 0 Å². The lowest BCUT2D eigenvalue weighted by Gasteiger charge is -2.06. The molecule has 3 heterocycles. The Balaban J connectivity index is 0.000000128. The summed E-state index contributed by atoms with van der Waals surface area (Å²) in [6, 6.07) is 13.5. The van der Waals surface area contributed by atoms with Gasteiger partial charge in [-0.05, 0) is 75.7 Å². The molecule has 0 unspecified atom stereocenters. The van der Waals surface area contributed by atoms with Gasteiger partial charge in [0.05, 0.1) is 0 Å². The van der Waals surface area contributed by atoms with Crippen molar-refractivity contribution in [2.45, 2.75) is 19.8 Å². The largest absolute Gasteiger partial charge is 0.410 e. The number of hydrogen-bond acceptors (Lipinski definition) is 9. The molecule has 0 bridgehead atoms. The first-order valence-corrected chi connectivity index (χ1v) is 11.4. The third-order valence-corrected chi connectivity index (χ3v) is 5.75. The van der Waals surface area contributed by atoms with Crippen LogP contribution in [0.4, 0.5) is 0 Å². The summed E-state index contributed by atoms with van der Waals surface area (Å²) in [6.45, 7) is 4.10. The van der Waals surface area contributed by atoms with Crippen molar-refractivity contribution in [1.82, 2.24) is 45.5 Å². The normalized spacial score (nSPS) is 10.9. The monoisotopic (exact) mass is 549 g/mol. The van der Waals surface area contributed by atoms with E-state index >= 15 is 0 Å². The first-order chi connectivity index (χ1) is 17.1. The van der Waals surface area contributed by atoms with Crippen molar-refractivity contribution in [2.24, 2.45) is 0 Å². The maximum absolute atomic E-state index is 9.25. The molecule has 6 aromatic rings. The minimum atomic E-state index is 0.329. The molecule has 0 amide bonds. The van der Waals surface area contributed by atoms with E-state index in [1.807, 2.05) is 6.07 Å². The summed E-state index contributed by atoms with van der Waals surface area (Å²) in [5.74, 6) is 0.329. The van der Waals surface area contributed by atoms with Crippen LogP contribution in [0.2, 0.25) is 15.1 Å². The van der Waals surface area contributed by atoms with E-state index in [2.05, 4.69) is 44.8 Å². The standard InChI is InChI=1S/C9H10ClN3O.2C6H4ClN3O/c1-5(2)6-3-8-9(4-7(6)10)13(14)12-11-8;7-4-1-2-6-5(3-4)8-9-10(6)11;7-4-1-2-5-6(3-4)10(11)9-8-5/h3-5,14H,1-2H3;2*1-3,11H. The highest BCUT2D eigenvalue weighted by Crippen LogP contribution is 2.28. The van der Waals surface area contributed by atoms with Gasteiger partial charge >= 0.3 is 0 Å². The van der Waals surface area contributed by atoms with Gasteiger partial charge in [0.25, 0.3) is 0 Å². The molecule has 186 valence electrons. The van der Waals surface area contributed by atoms with Crippen molar-refractivity contribution >= 4 is 67.9 Å². The van der Waals surface area contributed by atoms with Crippen LogP contribution >= 0.6 is 34.8 Å². The fraction of sp³-hybridized carbons (Fsp3) is 0.143. The number of halogens is 3. The summed E-state index contributed by atoms with van der Waals surface area (Å²) in [4.78, 5) is 2.14. The lowest BCUT2D eigenvalue weighted by Crippen LogP contribution is -1.93. The van der Waals surface area contributed by atoms with E-state index in [-0.39, 0.29) is 0 Å². The highest BCUT2D eigenvalue weighted by molar-refractivity contribution is 6.32. The molecular weight excluding hydrogens is 533 g/mol. The van der Waals surface area contributed by atoms with Crippen LogP contribution in [-0.2, 0) is 0 Å². The Morgan fingerprint density at radius 3 is 1.75 bits per heavy atom. The van der Waals surface area contributed by atoms with E-state index in [0.717, 1.165) is 10.4 Å². The molecule has 0 aliphatic carbocycles. The molecule has 15 heteroatoms. The smallest absolute Gasteiger partial charge is 0.132 e.